The minimum atomic E-state index is 0.461. The van der Waals surface area contributed by atoms with E-state index >= 15 is 0 Å². The van der Waals surface area contributed by atoms with E-state index in [1.165, 1.54) is 0 Å². The minimum absolute atomic E-state index is 0.461. The molecular weight excluding hydrogens is 166 g/mol. The van der Waals surface area contributed by atoms with Gasteiger partial charge in [0.15, 0.2) is 0 Å². The van der Waals surface area contributed by atoms with E-state index in [1.54, 1.807) is 7.11 Å². The molecule has 1 unspecified atom stereocenters. The van der Waals surface area contributed by atoms with E-state index in [2.05, 4.69) is 16.3 Å². The number of nitrogens with zero attached hydrogens (tertiary/aromatic N) is 2. The predicted octanol–water partition coefficient (Wildman–Crippen LogP) is -0.180. The largest absolute Gasteiger partial charge is 0.383 e. The Morgan fingerprint density at radius 2 is 2.54 bits per heavy atom. The van der Waals surface area contributed by atoms with Crippen LogP contribution in [0.2, 0.25) is 0 Å². The Morgan fingerprint density at radius 1 is 1.69 bits per heavy atom. The quantitative estimate of drug-likeness (QED) is 0.601. The highest BCUT2D eigenvalue weighted by atomic mass is 16.5. The molecule has 1 aliphatic rings. The van der Waals surface area contributed by atoms with Crippen molar-refractivity contribution in [3.05, 3.63) is 0 Å². The van der Waals surface area contributed by atoms with Crippen LogP contribution in [0.3, 0.4) is 0 Å². The summed E-state index contributed by atoms with van der Waals surface area (Å²) in [6.45, 7) is 4.42. The average Bonchev–Trinajstić information content (AvgIpc) is 2.59. The normalized spacial score (nSPS) is 23.2. The molecule has 0 aromatic heterocycles. The smallest absolute Gasteiger partial charge is 0.0843 e. The van der Waals surface area contributed by atoms with E-state index < -0.39 is 0 Å². The number of nitrogens with one attached hydrogen (secondary N) is 1. The lowest BCUT2D eigenvalue weighted by Crippen LogP contribution is -2.33. The fourth-order valence-corrected chi connectivity index (χ4v) is 1.61. The highest BCUT2D eigenvalue weighted by Crippen LogP contribution is 2.07. The number of hydrogen-bond acceptors (Lipinski definition) is 4. The van der Waals surface area contributed by atoms with Crippen LogP contribution in [0.25, 0.3) is 0 Å². The summed E-state index contributed by atoms with van der Waals surface area (Å²) in [7, 11) is 1.72. The van der Waals surface area contributed by atoms with Crippen molar-refractivity contribution in [2.24, 2.45) is 0 Å². The molecule has 13 heavy (non-hydrogen) atoms. The molecule has 1 heterocycles. The van der Waals surface area contributed by atoms with Gasteiger partial charge in [0.1, 0.15) is 0 Å². The highest BCUT2D eigenvalue weighted by Gasteiger charge is 2.20. The van der Waals surface area contributed by atoms with E-state index in [0.717, 1.165) is 32.7 Å². The van der Waals surface area contributed by atoms with Crippen molar-refractivity contribution < 1.29 is 4.74 Å². The molecule has 0 spiro atoms. The maximum absolute atomic E-state index is 8.39. The topological polar surface area (TPSA) is 48.3 Å². The maximum Gasteiger partial charge on any atom is 0.0843 e. The van der Waals surface area contributed by atoms with E-state index in [-0.39, 0.29) is 0 Å². The van der Waals surface area contributed by atoms with E-state index in [0.29, 0.717) is 12.6 Å². The van der Waals surface area contributed by atoms with Crippen LogP contribution < -0.4 is 5.32 Å². The lowest BCUT2D eigenvalue weighted by molar-refractivity contribution is 0.160. The van der Waals surface area contributed by atoms with Gasteiger partial charge >= 0.3 is 0 Å². The van der Waals surface area contributed by atoms with E-state index in [9.17, 15) is 0 Å². The second kappa shape index (κ2) is 5.92. The van der Waals surface area contributed by atoms with Crippen LogP contribution in [0.1, 0.15) is 6.42 Å². The molecule has 0 saturated carbocycles. The molecule has 4 heteroatoms. The Bertz CT molecular complexity index is 178. The van der Waals surface area contributed by atoms with Gasteiger partial charge in [0.25, 0.3) is 0 Å². The monoisotopic (exact) mass is 183 g/mol. The summed E-state index contributed by atoms with van der Waals surface area (Å²) >= 11 is 0. The first kappa shape index (κ1) is 10.5. The van der Waals surface area contributed by atoms with Crippen LogP contribution >= 0.6 is 0 Å². The molecular formula is C9H17N3O. The third kappa shape index (κ3) is 3.73. The molecule has 0 aromatic rings. The highest BCUT2D eigenvalue weighted by molar-refractivity contribution is 4.84. The van der Waals surface area contributed by atoms with Crippen molar-refractivity contribution in [1.29, 1.82) is 5.26 Å². The fraction of sp³-hybridized carbons (Fsp3) is 0.889. The van der Waals surface area contributed by atoms with Gasteiger partial charge in [-0.2, -0.15) is 5.26 Å². The van der Waals surface area contributed by atoms with Gasteiger partial charge in [-0.3, -0.25) is 4.90 Å². The minimum Gasteiger partial charge on any atom is -0.383 e. The number of methoxy groups -OCH3 is 1. The zero-order valence-corrected chi connectivity index (χ0v) is 8.12. The Hall–Kier alpha value is -0.630. The molecule has 1 rings (SSSR count). The molecule has 0 aromatic carbocycles. The summed E-state index contributed by atoms with van der Waals surface area (Å²) in [6, 6.07) is 2.60. The number of ether oxygens (including phenoxy) is 1. The molecule has 1 N–H and O–H groups in total. The van der Waals surface area contributed by atoms with Gasteiger partial charge in [-0.1, -0.05) is 0 Å². The molecule has 1 saturated heterocycles. The van der Waals surface area contributed by atoms with Crippen LogP contribution in [0, 0.1) is 11.3 Å². The lowest BCUT2D eigenvalue weighted by Gasteiger charge is -2.14. The zero-order chi connectivity index (χ0) is 9.52. The van der Waals surface area contributed by atoms with Crippen molar-refractivity contribution in [1.82, 2.24) is 10.2 Å². The van der Waals surface area contributed by atoms with Crippen molar-refractivity contribution in [3.8, 4) is 6.07 Å². The summed E-state index contributed by atoms with van der Waals surface area (Å²) in [6.07, 6.45) is 1.14. The SMILES string of the molecule is COCCN1CCC(NCC#N)C1. The predicted molar refractivity (Wildman–Crippen MR) is 50.3 cm³/mol. The standard InChI is InChI=1S/C9H17N3O/c1-13-7-6-12-5-2-9(8-12)11-4-3-10/h9,11H,2,4-8H2,1H3. The fourth-order valence-electron chi connectivity index (χ4n) is 1.61. The molecule has 1 aliphatic heterocycles. The molecule has 1 atom stereocenters. The van der Waals surface area contributed by atoms with Gasteiger partial charge in [-0.15, -0.1) is 0 Å². The van der Waals surface area contributed by atoms with Crippen LogP contribution in [0.5, 0.6) is 0 Å². The zero-order valence-electron chi connectivity index (χ0n) is 8.12. The molecule has 1 fully saturated rings. The first-order valence-electron chi connectivity index (χ1n) is 4.68. The summed E-state index contributed by atoms with van der Waals surface area (Å²) in [5, 5.41) is 11.6. The van der Waals surface area contributed by atoms with Gasteiger partial charge in [-0.25, -0.2) is 0 Å². The second-order valence-corrected chi connectivity index (χ2v) is 3.32. The van der Waals surface area contributed by atoms with Gasteiger partial charge in [0.05, 0.1) is 19.2 Å². The van der Waals surface area contributed by atoms with Crippen LogP contribution in [0.15, 0.2) is 0 Å². The third-order valence-corrected chi connectivity index (χ3v) is 2.35. The Balaban J connectivity index is 2.09. The number of nitriles is 1. The summed E-state index contributed by atoms with van der Waals surface area (Å²) in [4.78, 5) is 2.36. The average molecular weight is 183 g/mol. The van der Waals surface area contributed by atoms with Crippen molar-refractivity contribution in [3.63, 3.8) is 0 Å². The molecule has 0 amide bonds. The molecule has 74 valence electrons. The summed E-state index contributed by atoms with van der Waals surface area (Å²) in [5.74, 6) is 0. The lowest BCUT2D eigenvalue weighted by atomic mass is 10.3. The van der Waals surface area contributed by atoms with Crippen LogP contribution in [0.4, 0.5) is 0 Å². The maximum atomic E-state index is 8.39. The first-order valence-corrected chi connectivity index (χ1v) is 4.68. The van der Waals surface area contributed by atoms with E-state index in [1.807, 2.05) is 0 Å². The first-order chi connectivity index (χ1) is 6.36. The number of hydrogen-bond donors (Lipinski definition) is 1. The Morgan fingerprint density at radius 3 is 3.23 bits per heavy atom. The summed E-state index contributed by atoms with van der Waals surface area (Å²) in [5.41, 5.74) is 0. The van der Waals surface area contributed by atoms with Crippen molar-refractivity contribution in [2.75, 3.05) is 39.9 Å². The second-order valence-electron chi connectivity index (χ2n) is 3.32. The summed E-state index contributed by atoms with van der Waals surface area (Å²) < 4.78 is 5.01. The van der Waals surface area contributed by atoms with E-state index in [4.69, 9.17) is 10.00 Å². The molecule has 0 bridgehead atoms. The van der Waals surface area contributed by atoms with Crippen LogP contribution in [-0.4, -0.2) is 50.8 Å². The number of likely N-dealkylation sites (tertiary alicyclic amines) is 1. The van der Waals surface area contributed by atoms with Gasteiger partial charge in [-0.05, 0) is 13.0 Å². The van der Waals surface area contributed by atoms with Gasteiger partial charge in [0, 0.05) is 26.2 Å². The van der Waals surface area contributed by atoms with Gasteiger partial charge in [0.2, 0.25) is 0 Å². The van der Waals surface area contributed by atoms with Crippen LogP contribution in [-0.2, 0) is 4.74 Å². The Labute approximate surface area is 79.5 Å². The van der Waals surface area contributed by atoms with Gasteiger partial charge < -0.3 is 10.1 Å². The molecule has 0 aliphatic carbocycles. The third-order valence-electron chi connectivity index (χ3n) is 2.35. The van der Waals surface area contributed by atoms with Crippen molar-refractivity contribution >= 4 is 0 Å². The Kier molecular flexibility index (Phi) is 4.76. The molecule has 4 nitrogen and oxygen atoms in total. The van der Waals surface area contributed by atoms with Crippen molar-refractivity contribution in [2.45, 2.75) is 12.5 Å². The molecule has 0 radical (unpaired) electrons. The number of rotatable bonds is 5.